The van der Waals surface area contributed by atoms with Gasteiger partial charge in [-0.15, -0.1) is 0 Å². The van der Waals surface area contributed by atoms with Crippen LogP contribution in [0.2, 0.25) is 5.02 Å². The average molecular weight is 213 g/mol. The van der Waals surface area contributed by atoms with E-state index < -0.39 is 0 Å². The van der Waals surface area contributed by atoms with E-state index in [0.717, 1.165) is 18.4 Å². The van der Waals surface area contributed by atoms with Crippen LogP contribution in [-0.4, -0.2) is 9.97 Å². The van der Waals surface area contributed by atoms with Crippen molar-refractivity contribution in [3.8, 4) is 0 Å². The van der Waals surface area contributed by atoms with Gasteiger partial charge >= 0.3 is 0 Å². The molecule has 0 radical (unpaired) electrons. The lowest BCUT2D eigenvalue weighted by atomic mass is 9.98. The first-order valence-electron chi connectivity index (χ1n) is 4.07. The van der Waals surface area contributed by atoms with E-state index in [9.17, 15) is 0 Å². The second-order valence-corrected chi connectivity index (χ2v) is 4.15. The van der Waals surface area contributed by atoms with E-state index >= 15 is 0 Å². The zero-order valence-electron chi connectivity index (χ0n) is 6.96. The summed E-state index contributed by atoms with van der Waals surface area (Å²) in [6, 6.07) is 1.77. The number of hydrogen-bond acceptors (Lipinski definition) is 2. The van der Waals surface area contributed by atoms with Crippen molar-refractivity contribution in [3.05, 3.63) is 29.0 Å². The molecule has 1 saturated carbocycles. The smallest absolute Gasteiger partial charge is 0.0835 e. The Morgan fingerprint density at radius 3 is 2.77 bits per heavy atom. The molecule has 1 aliphatic rings. The first-order valence-corrected chi connectivity index (χ1v) is 4.85. The van der Waals surface area contributed by atoms with Gasteiger partial charge in [-0.05, 0) is 18.9 Å². The predicted molar refractivity (Wildman–Crippen MR) is 56.9 cm³/mol. The van der Waals surface area contributed by atoms with Crippen LogP contribution in [0.15, 0.2) is 18.5 Å². The third-order valence-electron chi connectivity index (χ3n) is 2.51. The third-order valence-corrected chi connectivity index (χ3v) is 3.23. The monoisotopic (exact) mass is 212 g/mol. The molecule has 1 aromatic heterocycles. The molecule has 0 saturated heterocycles. The number of hydrogen-bond donors (Lipinski definition) is 1. The summed E-state index contributed by atoms with van der Waals surface area (Å²) in [5, 5.41) is 0.709. The molecular weight excluding hydrogens is 204 g/mol. The quantitative estimate of drug-likeness (QED) is 0.763. The van der Waals surface area contributed by atoms with Crippen molar-refractivity contribution in [2.75, 3.05) is 0 Å². The number of rotatable bonds is 2. The van der Waals surface area contributed by atoms with E-state index in [1.807, 2.05) is 0 Å². The van der Waals surface area contributed by atoms with Gasteiger partial charge in [0.05, 0.1) is 4.99 Å². The molecule has 4 heteroatoms. The van der Waals surface area contributed by atoms with E-state index in [4.69, 9.17) is 29.6 Å². The topological polar surface area (TPSA) is 38.9 Å². The zero-order chi connectivity index (χ0) is 9.47. The largest absolute Gasteiger partial charge is 0.393 e. The molecule has 1 heterocycles. The summed E-state index contributed by atoms with van der Waals surface area (Å²) in [6.07, 6.45) is 5.41. The summed E-state index contributed by atoms with van der Waals surface area (Å²) in [5.74, 6) is 0. The summed E-state index contributed by atoms with van der Waals surface area (Å²) in [5.41, 5.74) is 6.50. The molecule has 1 aliphatic carbocycles. The second kappa shape index (κ2) is 2.93. The van der Waals surface area contributed by atoms with E-state index in [2.05, 4.69) is 4.98 Å². The van der Waals surface area contributed by atoms with E-state index in [1.54, 1.807) is 18.5 Å². The van der Waals surface area contributed by atoms with Crippen molar-refractivity contribution in [2.45, 2.75) is 18.3 Å². The van der Waals surface area contributed by atoms with Gasteiger partial charge in [-0.25, -0.2) is 0 Å². The number of halogens is 1. The molecule has 0 unspecified atom stereocenters. The average Bonchev–Trinajstić information content (AvgIpc) is 2.85. The third kappa shape index (κ3) is 1.32. The van der Waals surface area contributed by atoms with Crippen LogP contribution in [0.25, 0.3) is 0 Å². The normalized spacial score (nSPS) is 18.2. The Morgan fingerprint density at radius 1 is 1.62 bits per heavy atom. The number of thiocarbonyl (C=S) groups is 1. The molecule has 1 aromatic rings. The van der Waals surface area contributed by atoms with Crippen molar-refractivity contribution in [1.29, 1.82) is 0 Å². The molecule has 0 atom stereocenters. The van der Waals surface area contributed by atoms with Gasteiger partial charge in [0.15, 0.2) is 0 Å². The molecule has 0 spiro atoms. The molecule has 0 aliphatic heterocycles. The van der Waals surface area contributed by atoms with Gasteiger partial charge in [0.25, 0.3) is 0 Å². The summed E-state index contributed by atoms with van der Waals surface area (Å²) in [7, 11) is 0. The summed E-state index contributed by atoms with van der Waals surface area (Å²) in [4.78, 5) is 4.56. The molecular formula is C9H9ClN2S. The highest BCUT2D eigenvalue weighted by Gasteiger charge is 2.48. The van der Waals surface area contributed by atoms with Crippen LogP contribution >= 0.6 is 23.8 Å². The van der Waals surface area contributed by atoms with Crippen molar-refractivity contribution < 1.29 is 0 Å². The highest BCUT2D eigenvalue weighted by molar-refractivity contribution is 7.80. The van der Waals surface area contributed by atoms with Crippen LogP contribution < -0.4 is 5.73 Å². The molecule has 68 valence electrons. The minimum Gasteiger partial charge on any atom is -0.393 e. The summed E-state index contributed by atoms with van der Waals surface area (Å²) < 4.78 is 0. The predicted octanol–water partition coefficient (Wildman–Crippen LogP) is 2.05. The maximum atomic E-state index is 6.04. The first kappa shape index (κ1) is 8.91. The lowest BCUT2D eigenvalue weighted by molar-refractivity contribution is 0.940. The van der Waals surface area contributed by atoms with Crippen LogP contribution in [0.1, 0.15) is 18.4 Å². The van der Waals surface area contributed by atoms with Crippen LogP contribution in [0.4, 0.5) is 0 Å². The second-order valence-electron chi connectivity index (χ2n) is 3.30. The van der Waals surface area contributed by atoms with Crippen molar-refractivity contribution in [2.24, 2.45) is 5.73 Å². The van der Waals surface area contributed by atoms with Gasteiger partial charge in [-0.1, -0.05) is 23.8 Å². The standard InChI is InChI=1S/C9H9ClN2S/c10-7-1-4-12-5-6(7)9(2-3-9)8(11)13/h1,4-5H,2-3H2,(H2,11,13). The number of aromatic nitrogens is 1. The molecule has 1 fully saturated rings. The lowest BCUT2D eigenvalue weighted by Gasteiger charge is -2.14. The van der Waals surface area contributed by atoms with E-state index in [0.29, 0.717) is 10.0 Å². The van der Waals surface area contributed by atoms with Gasteiger partial charge in [0.2, 0.25) is 0 Å². The fraction of sp³-hybridized carbons (Fsp3) is 0.333. The van der Waals surface area contributed by atoms with Gasteiger partial charge < -0.3 is 5.73 Å². The molecule has 0 amide bonds. The summed E-state index contributed by atoms with van der Waals surface area (Å²) >= 11 is 11.1. The van der Waals surface area contributed by atoms with Gasteiger partial charge in [-0.3, -0.25) is 4.98 Å². The van der Waals surface area contributed by atoms with Gasteiger partial charge in [0.1, 0.15) is 0 Å². The summed E-state index contributed by atoms with van der Waals surface area (Å²) in [6.45, 7) is 0. The van der Waals surface area contributed by atoms with Crippen molar-refractivity contribution in [1.82, 2.24) is 4.98 Å². The van der Waals surface area contributed by atoms with Crippen molar-refractivity contribution in [3.63, 3.8) is 0 Å². The lowest BCUT2D eigenvalue weighted by Crippen LogP contribution is -2.26. The number of nitrogens with two attached hydrogens (primary N) is 1. The minimum absolute atomic E-state index is 0.152. The maximum Gasteiger partial charge on any atom is 0.0835 e. The van der Waals surface area contributed by atoms with Crippen LogP contribution in [-0.2, 0) is 5.41 Å². The molecule has 13 heavy (non-hydrogen) atoms. The van der Waals surface area contributed by atoms with Gasteiger partial charge in [-0.2, -0.15) is 0 Å². The Morgan fingerprint density at radius 2 is 2.31 bits per heavy atom. The first-order chi connectivity index (χ1) is 6.17. The van der Waals surface area contributed by atoms with E-state index in [1.165, 1.54) is 0 Å². The fourth-order valence-corrected chi connectivity index (χ4v) is 2.10. The highest BCUT2D eigenvalue weighted by atomic mass is 35.5. The highest BCUT2D eigenvalue weighted by Crippen LogP contribution is 2.50. The van der Waals surface area contributed by atoms with Crippen LogP contribution in [0.5, 0.6) is 0 Å². The molecule has 2 N–H and O–H groups in total. The van der Waals surface area contributed by atoms with Crippen LogP contribution in [0.3, 0.4) is 0 Å². The molecule has 2 nitrogen and oxygen atoms in total. The van der Waals surface area contributed by atoms with Crippen molar-refractivity contribution >= 4 is 28.8 Å². The van der Waals surface area contributed by atoms with Crippen LogP contribution in [0, 0.1) is 0 Å². The van der Waals surface area contributed by atoms with Gasteiger partial charge in [0, 0.05) is 28.4 Å². The molecule has 0 bridgehead atoms. The number of nitrogens with zero attached hydrogens (tertiary/aromatic N) is 1. The maximum absolute atomic E-state index is 6.04. The Hall–Kier alpha value is -0.670. The Bertz CT molecular complexity index is 360. The fourth-order valence-electron chi connectivity index (χ4n) is 1.50. The molecule has 2 rings (SSSR count). The Kier molecular flexibility index (Phi) is 2.00. The Balaban J connectivity index is 2.47. The minimum atomic E-state index is -0.152. The zero-order valence-corrected chi connectivity index (χ0v) is 8.53. The van der Waals surface area contributed by atoms with E-state index in [-0.39, 0.29) is 5.41 Å². The number of pyridine rings is 1. The Labute approximate surface area is 87.1 Å². The molecule has 0 aromatic carbocycles. The SMILES string of the molecule is NC(=S)C1(c2cnccc2Cl)CC1.